The van der Waals surface area contributed by atoms with E-state index >= 15 is 0 Å². The summed E-state index contributed by atoms with van der Waals surface area (Å²) >= 11 is 0. The fourth-order valence-corrected chi connectivity index (χ4v) is 3.85. The van der Waals surface area contributed by atoms with Crippen molar-refractivity contribution in [3.63, 3.8) is 0 Å². The van der Waals surface area contributed by atoms with E-state index in [2.05, 4.69) is 0 Å². The van der Waals surface area contributed by atoms with Gasteiger partial charge >= 0.3 is 6.03 Å². The molecule has 2 aliphatic rings. The van der Waals surface area contributed by atoms with E-state index in [4.69, 9.17) is 0 Å². The second-order valence-corrected chi connectivity index (χ2v) is 7.45. The number of para-hydroxylation sites is 1. The lowest BCUT2D eigenvalue weighted by Crippen LogP contribution is -2.37. The Morgan fingerprint density at radius 1 is 1.11 bits per heavy atom. The van der Waals surface area contributed by atoms with Gasteiger partial charge in [-0.1, -0.05) is 18.2 Å². The normalized spacial score (nSPS) is 17.1. The number of nitrogens with zero attached hydrogens (tertiary/aromatic N) is 3. The molecule has 0 radical (unpaired) electrons. The number of carbonyl (C=O) groups is 3. The highest BCUT2D eigenvalue weighted by atomic mass is 16.2. The molecule has 4 rings (SSSR count). The molecular formula is C21H23N3O3. The van der Waals surface area contributed by atoms with Gasteiger partial charge in [0.15, 0.2) is 5.78 Å². The van der Waals surface area contributed by atoms with Crippen LogP contribution < -0.4 is 0 Å². The number of ketones is 1. The first-order chi connectivity index (χ1) is 12.9. The van der Waals surface area contributed by atoms with Gasteiger partial charge in [0.2, 0.25) is 0 Å². The van der Waals surface area contributed by atoms with E-state index < -0.39 is 0 Å². The first kappa shape index (κ1) is 17.5. The van der Waals surface area contributed by atoms with Crippen molar-refractivity contribution in [3.05, 3.63) is 52.8 Å². The number of Topliss-reactive ketones (excluding diaryl/α,β-unsaturated/α-hetero) is 1. The summed E-state index contributed by atoms with van der Waals surface area (Å²) in [5.74, 6) is -0.491. The minimum absolute atomic E-state index is 0.0962. The Morgan fingerprint density at radius 2 is 1.81 bits per heavy atom. The van der Waals surface area contributed by atoms with E-state index in [1.54, 1.807) is 4.90 Å². The van der Waals surface area contributed by atoms with Gasteiger partial charge in [0.05, 0.1) is 6.54 Å². The molecular weight excluding hydrogens is 342 g/mol. The van der Waals surface area contributed by atoms with E-state index in [1.165, 1.54) is 0 Å². The molecule has 1 aliphatic heterocycles. The lowest BCUT2D eigenvalue weighted by atomic mass is 10.1. The van der Waals surface area contributed by atoms with Gasteiger partial charge in [0, 0.05) is 28.7 Å². The summed E-state index contributed by atoms with van der Waals surface area (Å²) in [6, 6.07) is 9.69. The largest absolute Gasteiger partial charge is 0.327 e. The zero-order valence-corrected chi connectivity index (χ0v) is 15.9. The quantitative estimate of drug-likeness (QED) is 0.604. The Bertz CT molecular complexity index is 956. The average Bonchev–Trinajstić information content (AvgIpc) is 3.38. The van der Waals surface area contributed by atoms with Gasteiger partial charge in [0.25, 0.3) is 5.91 Å². The van der Waals surface area contributed by atoms with Gasteiger partial charge in [-0.05, 0) is 51.3 Å². The maximum Gasteiger partial charge on any atom is 0.327 e. The van der Waals surface area contributed by atoms with Crippen molar-refractivity contribution >= 4 is 17.7 Å². The van der Waals surface area contributed by atoms with E-state index in [9.17, 15) is 14.4 Å². The Hall–Kier alpha value is -2.89. The van der Waals surface area contributed by atoms with E-state index in [0.717, 1.165) is 40.4 Å². The number of carbonyl (C=O) groups excluding carboxylic acids is 3. The van der Waals surface area contributed by atoms with Crippen LogP contribution >= 0.6 is 0 Å². The number of aryl methyl sites for hydroxylation is 2. The number of benzene rings is 1. The third kappa shape index (κ3) is 2.95. The van der Waals surface area contributed by atoms with Crippen LogP contribution in [0.25, 0.3) is 5.69 Å². The summed E-state index contributed by atoms with van der Waals surface area (Å²) in [5.41, 5.74) is 4.47. The molecule has 0 N–H and O–H groups in total. The van der Waals surface area contributed by atoms with Gasteiger partial charge in [-0.3, -0.25) is 14.5 Å². The molecule has 6 nitrogen and oxygen atoms in total. The molecule has 2 heterocycles. The van der Waals surface area contributed by atoms with E-state index in [0.29, 0.717) is 5.56 Å². The number of hydrogen-bond donors (Lipinski definition) is 0. The SMILES string of the molecule is Cc1ccccc1-n1c(C)cc(C(=O)CN2C(=O)CN(C3CC3)C2=O)c1C. The van der Waals surface area contributed by atoms with Gasteiger partial charge in [0.1, 0.15) is 6.54 Å². The Labute approximate surface area is 158 Å². The first-order valence-electron chi connectivity index (χ1n) is 9.27. The number of hydrogen-bond acceptors (Lipinski definition) is 3. The molecule has 1 aromatic carbocycles. The third-order valence-electron chi connectivity index (χ3n) is 5.46. The molecule has 1 aliphatic carbocycles. The highest BCUT2D eigenvalue weighted by molar-refractivity contribution is 6.08. The number of imide groups is 1. The molecule has 6 heteroatoms. The molecule has 0 spiro atoms. The Morgan fingerprint density at radius 3 is 2.48 bits per heavy atom. The highest BCUT2D eigenvalue weighted by Crippen LogP contribution is 2.30. The summed E-state index contributed by atoms with van der Waals surface area (Å²) in [7, 11) is 0. The summed E-state index contributed by atoms with van der Waals surface area (Å²) in [5, 5.41) is 0. The smallest absolute Gasteiger partial charge is 0.317 e. The monoisotopic (exact) mass is 365 g/mol. The molecule has 140 valence electrons. The van der Waals surface area contributed by atoms with Crippen LogP contribution in [-0.4, -0.2) is 51.2 Å². The Balaban J connectivity index is 1.60. The summed E-state index contributed by atoms with van der Waals surface area (Å²) in [6.45, 7) is 5.79. The number of amides is 3. The van der Waals surface area contributed by atoms with Crippen LogP contribution in [0.3, 0.4) is 0 Å². The van der Waals surface area contributed by atoms with Crippen LogP contribution in [0.1, 0.15) is 40.2 Å². The van der Waals surface area contributed by atoms with Crippen LogP contribution in [0, 0.1) is 20.8 Å². The predicted octanol–water partition coefficient (Wildman–Crippen LogP) is 3.01. The molecule has 2 aromatic rings. The van der Waals surface area contributed by atoms with Crippen molar-refractivity contribution in [2.24, 2.45) is 0 Å². The van der Waals surface area contributed by atoms with Gasteiger partial charge in [-0.15, -0.1) is 0 Å². The molecule has 1 saturated heterocycles. The first-order valence-corrected chi connectivity index (χ1v) is 9.27. The van der Waals surface area contributed by atoms with Crippen molar-refractivity contribution in [1.29, 1.82) is 0 Å². The fraction of sp³-hybridized carbons (Fsp3) is 0.381. The lowest BCUT2D eigenvalue weighted by Gasteiger charge is -2.16. The second-order valence-electron chi connectivity index (χ2n) is 7.45. The van der Waals surface area contributed by atoms with Crippen molar-refractivity contribution in [2.75, 3.05) is 13.1 Å². The minimum Gasteiger partial charge on any atom is -0.317 e. The molecule has 2 fully saturated rings. The summed E-state index contributed by atoms with van der Waals surface area (Å²) < 4.78 is 2.05. The maximum atomic E-state index is 12.9. The van der Waals surface area contributed by atoms with Gasteiger partial charge in [-0.2, -0.15) is 0 Å². The van der Waals surface area contributed by atoms with Crippen LogP contribution in [0.15, 0.2) is 30.3 Å². The van der Waals surface area contributed by atoms with Crippen molar-refractivity contribution in [2.45, 2.75) is 39.7 Å². The molecule has 3 amide bonds. The second kappa shape index (κ2) is 6.37. The molecule has 0 unspecified atom stereocenters. The van der Waals surface area contributed by atoms with Crippen molar-refractivity contribution in [1.82, 2.24) is 14.4 Å². The van der Waals surface area contributed by atoms with Crippen molar-refractivity contribution < 1.29 is 14.4 Å². The molecule has 1 aromatic heterocycles. The number of urea groups is 1. The van der Waals surface area contributed by atoms with Crippen LogP contribution in [-0.2, 0) is 4.79 Å². The van der Waals surface area contributed by atoms with Gasteiger partial charge in [-0.25, -0.2) is 4.79 Å². The molecule has 0 bridgehead atoms. The van der Waals surface area contributed by atoms with Crippen LogP contribution in [0.5, 0.6) is 0 Å². The highest BCUT2D eigenvalue weighted by Gasteiger charge is 2.44. The van der Waals surface area contributed by atoms with Crippen LogP contribution in [0.2, 0.25) is 0 Å². The topological polar surface area (TPSA) is 62.6 Å². The van der Waals surface area contributed by atoms with Crippen LogP contribution in [0.4, 0.5) is 4.79 Å². The van der Waals surface area contributed by atoms with Crippen molar-refractivity contribution in [3.8, 4) is 5.69 Å². The summed E-state index contributed by atoms with van der Waals surface area (Å²) in [6.07, 6.45) is 1.89. The lowest BCUT2D eigenvalue weighted by molar-refractivity contribution is -0.125. The third-order valence-corrected chi connectivity index (χ3v) is 5.46. The average molecular weight is 365 g/mol. The maximum absolute atomic E-state index is 12.9. The number of rotatable bonds is 5. The van der Waals surface area contributed by atoms with E-state index in [-0.39, 0.29) is 36.9 Å². The Kier molecular flexibility index (Phi) is 4.13. The standard InChI is InChI=1S/C21H23N3O3/c1-13-6-4-5-7-18(13)24-14(2)10-17(15(24)3)19(25)11-23-20(26)12-22(21(23)27)16-8-9-16/h4-7,10,16H,8-9,11-12H2,1-3H3. The minimum atomic E-state index is -0.330. The molecule has 27 heavy (non-hydrogen) atoms. The van der Waals surface area contributed by atoms with E-state index in [1.807, 2.05) is 55.7 Å². The molecule has 0 atom stereocenters. The zero-order valence-electron chi connectivity index (χ0n) is 15.9. The molecule has 1 saturated carbocycles. The fourth-order valence-electron chi connectivity index (χ4n) is 3.85. The summed E-state index contributed by atoms with van der Waals surface area (Å²) in [4.78, 5) is 40.3. The number of aromatic nitrogens is 1. The zero-order chi connectivity index (χ0) is 19.3. The predicted molar refractivity (Wildman–Crippen MR) is 101 cm³/mol. The van der Waals surface area contributed by atoms with Gasteiger partial charge < -0.3 is 9.47 Å².